The van der Waals surface area contributed by atoms with E-state index < -0.39 is 15.1 Å². The molecule has 1 aliphatic heterocycles. The van der Waals surface area contributed by atoms with Gasteiger partial charge >= 0.3 is 0 Å². The van der Waals surface area contributed by atoms with Gasteiger partial charge in [-0.05, 0) is 54.4 Å². The molecule has 0 saturated carbocycles. The molecule has 0 spiro atoms. The van der Waals surface area contributed by atoms with E-state index in [-0.39, 0.29) is 23.1 Å². The van der Waals surface area contributed by atoms with Gasteiger partial charge in [-0.1, -0.05) is 65.7 Å². The van der Waals surface area contributed by atoms with Gasteiger partial charge in [0.1, 0.15) is 0 Å². The molecule has 0 aromatic heterocycles. The molecule has 1 aliphatic rings. The number of amides is 1. The summed E-state index contributed by atoms with van der Waals surface area (Å²) in [5.41, 5.74) is 2.65. The van der Waals surface area contributed by atoms with Crippen molar-refractivity contribution in [2.75, 3.05) is 6.54 Å². The lowest BCUT2D eigenvalue weighted by atomic mass is 9.90. The molecule has 0 aliphatic carbocycles. The van der Waals surface area contributed by atoms with E-state index in [4.69, 9.17) is 23.2 Å². The SMILES string of the molecule is CC(CC(=O)N1CC(c2ccccc2)C(c2ccc(Cl)cc2)=N1)S(=O)(=O)c1ccc(Cl)cc1. The Kier molecular flexibility index (Phi) is 6.88. The Morgan fingerprint density at radius 3 is 2.15 bits per heavy atom. The first-order valence-electron chi connectivity index (χ1n) is 10.4. The zero-order chi connectivity index (χ0) is 23.6. The van der Waals surface area contributed by atoms with Crippen molar-refractivity contribution in [3.8, 4) is 0 Å². The molecule has 33 heavy (non-hydrogen) atoms. The fourth-order valence-corrected chi connectivity index (χ4v) is 5.40. The van der Waals surface area contributed by atoms with Crippen molar-refractivity contribution in [3.63, 3.8) is 0 Å². The summed E-state index contributed by atoms with van der Waals surface area (Å²) in [6.45, 7) is 1.88. The highest BCUT2D eigenvalue weighted by atomic mass is 35.5. The number of carbonyl (C=O) groups excluding carboxylic acids is 1. The Morgan fingerprint density at radius 1 is 0.970 bits per heavy atom. The number of hydrogen-bond donors (Lipinski definition) is 0. The highest BCUT2D eigenvalue weighted by molar-refractivity contribution is 7.92. The van der Waals surface area contributed by atoms with Crippen molar-refractivity contribution >= 4 is 44.7 Å². The van der Waals surface area contributed by atoms with Crippen molar-refractivity contribution in [2.45, 2.75) is 29.4 Å². The van der Waals surface area contributed by atoms with Crippen LogP contribution in [-0.4, -0.2) is 36.8 Å². The summed E-state index contributed by atoms with van der Waals surface area (Å²) in [6, 6.07) is 23.1. The second kappa shape index (κ2) is 9.67. The van der Waals surface area contributed by atoms with Gasteiger partial charge in [0.2, 0.25) is 5.91 Å². The normalized spacial score (nSPS) is 17.0. The van der Waals surface area contributed by atoms with Crippen LogP contribution in [0.1, 0.15) is 30.4 Å². The molecule has 1 heterocycles. The molecule has 1 amide bonds. The lowest BCUT2D eigenvalue weighted by Crippen LogP contribution is -2.31. The summed E-state index contributed by atoms with van der Waals surface area (Å²) in [4.78, 5) is 13.2. The van der Waals surface area contributed by atoms with Gasteiger partial charge in [0.25, 0.3) is 0 Å². The average molecular weight is 501 g/mol. The summed E-state index contributed by atoms with van der Waals surface area (Å²) in [6.07, 6.45) is -0.177. The number of rotatable bonds is 6. The Morgan fingerprint density at radius 2 is 1.55 bits per heavy atom. The van der Waals surface area contributed by atoms with Crippen LogP contribution in [0.5, 0.6) is 0 Å². The van der Waals surface area contributed by atoms with Crippen LogP contribution in [-0.2, 0) is 14.6 Å². The molecule has 8 heteroatoms. The van der Waals surface area contributed by atoms with Gasteiger partial charge in [-0.3, -0.25) is 4.79 Å². The van der Waals surface area contributed by atoms with Crippen LogP contribution >= 0.6 is 23.2 Å². The number of carbonyl (C=O) groups is 1. The van der Waals surface area contributed by atoms with E-state index in [0.717, 1.165) is 16.8 Å². The Labute approximate surface area is 203 Å². The lowest BCUT2D eigenvalue weighted by molar-refractivity contribution is -0.130. The van der Waals surface area contributed by atoms with Gasteiger partial charge in [0.05, 0.1) is 22.4 Å². The molecule has 170 valence electrons. The summed E-state index contributed by atoms with van der Waals surface area (Å²) >= 11 is 11.9. The monoisotopic (exact) mass is 500 g/mol. The van der Waals surface area contributed by atoms with E-state index in [2.05, 4.69) is 5.10 Å². The number of hydrazone groups is 1. The molecule has 3 aromatic rings. The Hall–Kier alpha value is -2.67. The maximum absolute atomic E-state index is 13.1. The molecule has 0 fully saturated rings. The van der Waals surface area contributed by atoms with Crippen LogP contribution in [0.4, 0.5) is 0 Å². The predicted octanol–water partition coefficient (Wildman–Crippen LogP) is 5.58. The van der Waals surface area contributed by atoms with Crippen LogP contribution in [0, 0.1) is 0 Å². The topological polar surface area (TPSA) is 66.8 Å². The van der Waals surface area contributed by atoms with Gasteiger partial charge in [0.15, 0.2) is 9.84 Å². The van der Waals surface area contributed by atoms with Crippen LogP contribution in [0.3, 0.4) is 0 Å². The largest absolute Gasteiger partial charge is 0.273 e. The van der Waals surface area contributed by atoms with E-state index in [1.165, 1.54) is 36.2 Å². The first-order chi connectivity index (χ1) is 15.8. The average Bonchev–Trinajstić information content (AvgIpc) is 3.26. The van der Waals surface area contributed by atoms with Gasteiger partial charge in [-0.2, -0.15) is 5.10 Å². The van der Waals surface area contributed by atoms with Crippen molar-refractivity contribution in [1.29, 1.82) is 0 Å². The fraction of sp³-hybridized carbons (Fsp3) is 0.200. The van der Waals surface area contributed by atoms with Crippen LogP contribution in [0.2, 0.25) is 10.0 Å². The maximum Gasteiger partial charge on any atom is 0.244 e. The number of nitrogens with zero attached hydrogens (tertiary/aromatic N) is 2. The molecule has 4 rings (SSSR count). The van der Waals surface area contributed by atoms with Gasteiger partial charge < -0.3 is 0 Å². The minimum atomic E-state index is -3.69. The lowest BCUT2D eigenvalue weighted by Gasteiger charge is -2.18. The van der Waals surface area contributed by atoms with Crippen LogP contribution in [0.15, 0.2) is 88.9 Å². The molecule has 0 N–H and O–H groups in total. The van der Waals surface area contributed by atoms with Crippen molar-refractivity contribution < 1.29 is 13.2 Å². The zero-order valence-electron chi connectivity index (χ0n) is 17.9. The van der Waals surface area contributed by atoms with Gasteiger partial charge in [0, 0.05) is 22.4 Å². The van der Waals surface area contributed by atoms with E-state index >= 15 is 0 Å². The Balaban J connectivity index is 1.58. The quantitative estimate of drug-likeness (QED) is 0.443. The van der Waals surface area contributed by atoms with Crippen LogP contribution in [0.25, 0.3) is 0 Å². The summed E-state index contributed by atoms with van der Waals surface area (Å²) in [7, 11) is -3.69. The number of halogens is 2. The van der Waals surface area contributed by atoms with Gasteiger partial charge in [-0.15, -0.1) is 0 Å². The van der Waals surface area contributed by atoms with E-state index in [1.807, 2.05) is 42.5 Å². The number of sulfone groups is 1. The molecule has 0 saturated heterocycles. The Bertz CT molecular complexity index is 1280. The van der Waals surface area contributed by atoms with Crippen molar-refractivity contribution in [3.05, 3.63) is 100 Å². The third kappa shape index (κ3) is 5.13. The fourth-order valence-electron chi connectivity index (χ4n) is 3.80. The minimum Gasteiger partial charge on any atom is -0.273 e. The molecule has 5 nitrogen and oxygen atoms in total. The molecule has 3 aromatic carbocycles. The highest BCUT2D eigenvalue weighted by Gasteiger charge is 2.34. The molecule has 0 bridgehead atoms. The molecular weight excluding hydrogens is 479 g/mol. The van der Waals surface area contributed by atoms with Crippen molar-refractivity contribution in [2.24, 2.45) is 5.10 Å². The van der Waals surface area contributed by atoms with Gasteiger partial charge in [-0.25, -0.2) is 13.4 Å². The number of benzene rings is 3. The third-order valence-corrected chi connectivity index (χ3v) is 8.34. The zero-order valence-corrected chi connectivity index (χ0v) is 20.2. The van der Waals surface area contributed by atoms with Crippen LogP contribution < -0.4 is 0 Å². The van der Waals surface area contributed by atoms with E-state index in [9.17, 15) is 13.2 Å². The van der Waals surface area contributed by atoms with E-state index in [1.54, 1.807) is 12.1 Å². The first kappa shape index (κ1) is 23.5. The second-order valence-corrected chi connectivity index (χ2v) is 11.2. The molecule has 2 atom stereocenters. The molecule has 0 radical (unpaired) electrons. The highest BCUT2D eigenvalue weighted by Crippen LogP contribution is 2.30. The standard InChI is InChI=1S/C25H22Cl2N2O3S/c1-17(33(31,32)22-13-11-21(27)12-14-22)15-24(30)29-16-23(18-5-3-2-4-6-18)25(28-29)19-7-9-20(26)10-8-19/h2-14,17,23H,15-16H2,1H3. The number of hydrogen-bond acceptors (Lipinski definition) is 4. The smallest absolute Gasteiger partial charge is 0.244 e. The van der Waals surface area contributed by atoms with E-state index in [0.29, 0.717) is 16.6 Å². The minimum absolute atomic E-state index is 0.125. The summed E-state index contributed by atoms with van der Waals surface area (Å²) in [5.74, 6) is -0.468. The molecule has 2 unspecified atom stereocenters. The maximum atomic E-state index is 13.1. The molecular formula is C25H22Cl2N2O3S. The van der Waals surface area contributed by atoms with Crippen molar-refractivity contribution in [1.82, 2.24) is 5.01 Å². The summed E-state index contributed by atoms with van der Waals surface area (Å²) < 4.78 is 25.9. The first-order valence-corrected chi connectivity index (χ1v) is 12.7. The predicted molar refractivity (Wildman–Crippen MR) is 132 cm³/mol. The summed E-state index contributed by atoms with van der Waals surface area (Å²) in [5, 5.41) is 6.15. The second-order valence-electron chi connectivity index (χ2n) is 7.94. The third-order valence-electron chi connectivity index (χ3n) is 5.68.